The molecule has 28 heavy (non-hydrogen) atoms. The monoisotopic (exact) mass is 382 g/mol. The fraction of sp³-hybridized carbons (Fsp3) is 0.409. The number of alkyl carbamates (subject to hydrolysis) is 1. The molecule has 3 saturated heterocycles. The number of nitrogens with zero attached hydrogens (tertiary/aromatic N) is 1. The summed E-state index contributed by atoms with van der Waals surface area (Å²) in [5.41, 5.74) is 1.95. The van der Waals surface area contributed by atoms with Crippen LogP contribution in [0.3, 0.4) is 0 Å². The molecule has 0 spiro atoms. The highest BCUT2D eigenvalue weighted by atomic mass is 19.1. The minimum atomic E-state index is -0.460. The third-order valence-corrected chi connectivity index (χ3v) is 6.04. The Morgan fingerprint density at radius 1 is 1.21 bits per heavy atom. The second-order valence-electron chi connectivity index (χ2n) is 7.84. The van der Waals surface area contributed by atoms with Gasteiger partial charge in [-0.2, -0.15) is 0 Å². The van der Waals surface area contributed by atoms with Crippen LogP contribution in [0.1, 0.15) is 31.4 Å². The molecule has 1 aromatic heterocycles. The minimum Gasteiger partial charge on any atom is -0.456 e. The molecule has 3 aliphatic heterocycles. The quantitative estimate of drug-likeness (QED) is 0.842. The molecule has 6 heteroatoms. The van der Waals surface area contributed by atoms with Crippen molar-refractivity contribution in [1.29, 1.82) is 0 Å². The SMILES string of the molecule is O=C(NC1=C(c2cc3ccccc3o2)C=C(F)CC1)O[C@H]1C[N@]2CC[C@H]1CC2. The highest BCUT2D eigenvalue weighted by Crippen LogP contribution is 2.34. The number of rotatable bonds is 3. The van der Waals surface area contributed by atoms with Gasteiger partial charge >= 0.3 is 6.09 Å². The first kappa shape index (κ1) is 17.5. The molecule has 1 aromatic carbocycles. The largest absolute Gasteiger partial charge is 0.456 e. The summed E-state index contributed by atoms with van der Waals surface area (Å²) >= 11 is 0. The Morgan fingerprint density at radius 2 is 2.04 bits per heavy atom. The minimum absolute atomic E-state index is 0.0615. The van der Waals surface area contributed by atoms with Crippen LogP contribution < -0.4 is 5.32 Å². The number of halogens is 1. The predicted octanol–water partition coefficient (Wildman–Crippen LogP) is 4.61. The van der Waals surface area contributed by atoms with E-state index >= 15 is 0 Å². The van der Waals surface area contributed by atoms with Crippen molar-refractivity contribution in [2.45, 2.75) is 31.8 Å². The molecule has 1 amide bonds. The van der Waals surface area contributed by atoms with E-state index in [9.17, 15) is 9.18 Å². The maximum atomic E-state index is 14.0. The van der Waals surface area contributed by atoms with Gasteiger partial charge in [0.2, 0.25) is 0 Å². The van der Waals surface area contributed by atoms with Crippen LogP contribution in [-0.2, 0) is 4.74 Å². The van der Waals surface area contributed by atoms with Gasteiger partial charge in [-0.3, -0.25) is 10.2 Å². The van der Waals surface area contributed by atoms with Crippen LogP contribution >= 0.6 is 0 Å². The summed E-state index contributed by atoms with van der Waals surface area (Å²) in [7, 11) is 0. The van der Waals surface area contributed by atoms with Crippen LogP contribution in [-0.4, -0.2) is 36.7 Å². The number of amides is 1. The lowest BCUT2D eigenvalue weighted by atomic mass is 9.86. The first-order valence-electron chi connectivity index (χ1n) is 9.94. The van der Waals surface area contributed by atoms with Crippen molar-refractivity contribution in [2.75, 3.05) is 19.6 Å². The second-order valence-corrected chi connectivity index (χ2v) is 7.84. The Balaban J connectivity index is 1.38. The lowest BCUT2D eigenvalue weighted by Crippen LogP contribution is -2.52. The van der Waals surface area contributed by atoms with E-state index in [-0.39, 0.29) is 18.4 Å². The number of carbonyl (C=O) groups excluding carboxylic acids is 1. The Bertz CT molecular complexity index is 936. The Morgan fingerprint density at radius 3 is 2.79 bits per heavy atom. The van der Waals surface area contributed by atoms with Gasteiger partial charge in [0.1, 0.15) is 23.3 Å². The molecule has 6 rings (SSSR count). The van der Waals surface area contributed by atoms with Crippen LogP contribution in [0.2, 0.25) is 0 Å². The summed E-state index contributed by atoms with van der Waals surface area (Å²) in [6, 6.07) is 9.52. The van der Waals surface area contributed by atoms with Crippen molar-refractivity contribution in [1.82, 2.24) is 10.2 Å². The average molecular weight is 382 g/mol. The summed E-state index contributed by atoms with van der Waals surface area (Å²) in [5.74, 6) is 0.782. The van der Waals surface area contributed by atoms with Crippen LogP contribution in [0.4, 0.5) is 9.18 Å². The van der Waals surface area contributed by atoms with E-state index in [1.165, 1.54) is 6.08 Å². The number of carbonyl (C=O) groups is 1. The molecule has 0 saturated carbocycles. The highest BCUT2D eigenvalue weighted by Gasteiger charge is 2.36. The van der Waals surface area contributed by atoms with Crippen LogP contribution in [0.25, 0.3) is 16.5 Å². The van der Waals surface area contributed by atoms with Crippen molar-refractivity contribution in [3.63, 3.8) is 0 Å². The number of hydrogen-bond acceptors (Lipinski definition) is 4. The molecule has 3 fully saturated rings. The third-order valence-electron chi connectivity index (χ3n) is 6.04. The zero-order valence-electron chi connectivity index (χ0n) is 15.6. The number of para-hydroxylation sites is 1. The Kier molecular flexibility index (Phi) is 4.43. The molecule has 4 heterocycles. The fourth-order valence-corrected chi connectivity index (χ4v) is 4.49. The first-order valence-corrected chi connectivity index (χ1v) is 9.94. The number of furan rings is 1. The van der Waals surface area contributed by atoms with E-state index in [1.54, 1.807) is 0 Å². The number of hydrogen-bond donors (Lipinski definition) is 1. The fourth-order valence-electron chi connectivity index (χ4n) is 4.49. The molecular weight excluding hydrogens is 359 g/mol. The number of ether oxygens (including phenoxy) is 1. The maximum Gasteiger partial charge on any atom is 0.411 e. The van der Waals surface area contributed by atoms with Crippen LogP contribution in [0, 0.1) is 5.92 Å². The van der Waals surface area contributed by atoms with Gasteiger partial charge in [-0.05, 0) is 56.5 Å². The lowest BCUT2D eigenvalue weighted by molar-refractivity contribution is -0.0325. The average Bonchev–Trinajstić information content (AvgIpc) is 3.14. The van der Waals surface area contributed by atoms with Crippen molar-refractivity contribution < 1.29 is 18.3 Å². The van der Waals surface area contributed by atoms with E-state index < -0.39 is 6.09 Å². The lowest BCUT2D eigenvalue weighted by Gasteiger charge is -2.43. The number of allylic oxidation sites excluding steroid dienone is 4. The summed E-state index contributed by atoms with van der Waals surface area (Å²) in [4.78, 5) is 14.9. The van der Waals surface area contributed by atoms with E-state index in [0.29, 0.717) is 29.4 Å². The van der Waals surface area contributed by atoms with Crippen molar-refractivity contribution in [3.05, 3.63) is 53.7 Å². The molecule has 0 radical (unpaired) electrons. The zero-order valence-corrected chi connectivity index (χ0v) is 15.6. The molecule has 1 atom stereocenters. The molecular formula is C22H23FN2O3. The Labute approximate surface area is 162 Å². The second kappa shape index (κ2) is 7.09. The van der Waals surface area contributed by atoms with E-state index in [0.717, 1.165) is 43.4 Å². The van der Waals surface area contributed by atoms with E-state index in [4.69, 9.17) is 9.15 Å². The molecule has 4 aliphatic rings. The highest BCUT2D eigenvalue weighted by molar-refractivity contribution is 5.86. The molecule has 1 N–H and O–H groups in total. The molecule has 146 valence electrons. The van der Waals surface area contributed by atoms with Gasteiger partial charge < -0.3 is 9.15 Å². The number of benzene rings is 1. The van der Waals surface area contributed by atoms with Gasteiger partial charge in [0.25, 0.3) is 0 Å². The predicted molar refractivity (Wildman–Crippen MR) is 104 cm³/mol. The van der Waals surface area contributed by atoms with Crippen LogP contribution in [0.5, 0.6) is 0 Å². The molecule has 0 unspecified atom stereocenters. The normalized spacial score (nSPS) is 27.0. The van der Waals surface area contributed by atoms with Gasteiger partial charge in [0.15, 0.2) is 0 Å². The van der Waals surface area contributed by atoms with Gasteiger partial charge in [-0.25, -0.2) is 9.18 Å². The molecule has 2 bridgehead atoms. The summed E-state index contributed by atoms with van der Waals surface area (Å²) in [5, 5.41) is 3.81. The van der Waals surface area contributed by atoms with E-state index in [1.807, 2.05) is 30.3 Å². The summed E-state index contributed by atoms with van der Waals surface area (Å²) in [6.07, 6.45) is 3.76. The topological polar surface area (TPSA) is 54.7 Å². The van der Waals surface area contributed by atoms with Gasteiger partial charge in [0.05, 0.1) is 0 Å². The zero-order chi connectivity index (χ0) is 19.1. The standard InChI is InChI=1S/C22H23FN2O3/c23-16-5-6-18(17(12-16)20-11-15-3-1-2-4-19(15)27-20)24-22(26)28-21-13-25-9-7-14(21)8-10-25/h1-4,11-12,14,21H,5-10,13H2,(H,24,26)/t21-/m0/s1. The van der Waals surface area contributed by atoms with Crippen molar-refractivity contribution in [2.24, 2.45) is 5.92 Å². The third kappa shape index (κ3) is 3.33. The molecule has 1 aliphatic carbocycles. The summed E-state index contributed by atoms with van der Waals surface area (Å²) in [6.45, 7) is 3.00. The molecule has 5 nitrogen and oxygen atoms in total. The number of piperidine rings is 3. The first-order chi connectivity index (χ1) is 13.7. The smallest absolute Gasteiger partial charge is 0.411 e. The number of nitrogens with one attached hydrogen (secondary N) is 1. The van der Waals surface area contributed by atoms with Crippen molar-refractivity contribution >= 4 is 22.6 Å². The number of fused-ring (bicyclic) bond motifs is 4. The summed E-state index contributed by atoms with van der Waals surface area (Å²) < 4.78 is 25.6. The van der Waals surface area contributed by atoms with Crippen molar-refractivity contribution in [3.8, 4) is 0 Å². The van der Waals surface area contributed by atoms with Gasteiger partial charge in [-0.15, -0.1) is 0 Å². The van der Waals surface area contributed by atoms with Gasteiger partial charge in [-0.1, -0.05) is 18.2 Å². The Hall–Kier alpha value is -2.60. The maximum absolute atomic E-state index is 14.0. The van der Waals surface area contributed by atoms with Gasteiger partial charge in [0, 0.05) is 29.6 Å². The molecule has 2 aromatic rings. The van der Waals surface area contributed by atoms with E-state index in [2.05, 4.69) is 10.2 Å². The van der Waals surface area contributed by atoms with Crippen LogP contribution in [0.15, 0.2) is 52.3 Å².